The van der Waals surface area contributed by atoms with Gasteiger partial charge in [0.25, 0.3) is 0 Å². The number of fused-ring (bicyclic) bond motifs is 1. The molecule has 4 rings (SSSR count). The van der Waals surface area contributed by atoms with E-state index in [1.165, 1.54) is 0 Å². The van der Waals surface area contributed by atoms with Crippen LogP contribution in [0.2, 0.25) is 0 Å². The Hall–Kier alpha value is -3.00. The average molecular weight is 396 g/mol. The lowest BCUT2D eigenvalue weighted by atomic mass is 10.0. The SMILES string of the molecule is COc1cc(OC)cc([C@@H]2SCC(=O)Nc3c2c(C)nn3-c2ccccn2)c1. The Labute approximate surface area is 167 Å². The number of anilines is 1. The number of hydrogen-bond donors (Lipinski definition) is 1. The zero-order valence-corrected chi connectivity index (χ0v) is 16.6. The third-order valence-electron chi connectivity index (χ3n) is 4.55. The highest BCUT2D eigenvalue weighted by atomic mass is 32.2. The quantitative estimate of drug-likeness (QED) is 0.729. The molecular formula is C20H20N4O3S. The van der Waals surface area contributed by atoms with Crippen LogP contribution < -0.4 is 14.8 Å². The number of nitrogens with zero attached hydrogens (tertiary/aromatic N) is 3. The summed E-state index contributed by atoms with van der Waals surface area (Å²) < 4.78 is 12.6. The highest BCUT2D eigenvalue weighted by Crippen LogP contribution is 2.45. The van der Waals surface area contributed by atoms with Crippen LogP contribution in [0, 0.1) is 6.92 Å². The van der Waals surface area contributed by atoms with Gasteiger partial charge in [-0.2, -0.15) is 9.78 Å². The van der Waals surface area contributed by atoms with Gasteiger partial charge in [0.15, 0.2) is 5.82 Å². The molecule has 3 aromatic rings. The molecule has 144 valence electrons. The first-order valence-electron chi connectivity index (χ1n) is 8.76. The Balaban J connectivity index is 1.89. The fourth-order valence-corrected chi connectivity index (χ4v) is 4.44. The molecule has 1 aliphatic rings. The van der Waals surface area contributed by atoms with E-state index >= 15 is 0 Å². The minimum atomic E-state index is -0.101. The van der Waals surface area contributed by atoms with Crippen molar-refractivity contribution in [1.29, 1.82) is 0 Å². The van der Waals surface area contributed by atoms with Crippen LogP contribution in [0.1, 0.15) is 22.1 Å². The van der Waals surface area contributed by atoms with E-state index in [2.05, 4.69) is 15.4 Å². The third kappa shape index (κ3) is 3.31. The smallest absolute Gasteiger partial charge is 0.235 e. The van der Waals surface area contributed by atoms with Crippen LogP contribution in [0.5, 0.6) is 11.5 Å². The zero-order valence-electron chi connectivity index (χ0n) is 15.8. The summed E-state index contributed by atoms with van der Waals surface area (Å²) in [4.78, 5) is 16.8. The average Bonchev–Trinajstić information content (AvgIpc) is 2.93. The van der Waals surface area contributed by atoms with Crippen LogP contribution in [0.3, 0.4) is 0 Å². The number of aromatic nitrogens is 3. The van der Waals surface area contributed by atoms with Gasteiger partial charge < -0.3 is 14.8 Å². The highest BCUT2D eigenvalue weighted by molar-refractivity contribution is 8.00. The molecule has 8 heteroatoms. The lowest BCUT2D eigenvalue weighted by Crippen LogP contribution is -2.16. The minimum Gasteiger partial charge on any atom is -0.497 e. The number of thioether (sulfide) groups is 1. The van der Waals surface area contributed by atoms with Crippen LogP contribution in [0.4, 0.5) is 5.82 Å². The molecule has 1 atom stereocenters. The molecule has 0 aliphatic carbocycles. The number of hydrogen-bond acceptors (Lipinski definition) is 6. The molecule has 0 bridgehead atoms. The Morgan fingerprint density at radius 3 is 2.57 bits per heavy atom. The number of aryl methyl sites for hydroxylation is 1. The first kappa shape index (κ1) is 18.4. The molecule has 0 radical (unpaired) electrons. The second-order valence-electron chi connectivity index (χ2n) is 6.33. The number of ether oxygens (including phenoxy) is 2. The number of carbonyl (C=O) groups excluding carboxylic acids is 1. The molecule has 0 saturated heterocycles. The first-order chi connectivity index (χ1) is 13.6. The van der Waals surface area contributed by atoms with Crippen LogP contribution in [-0.2, 0) is 4.79 Å². The van der Waals surface area contributed by atoms with Crippen LogP contribution in [-0.4, -0.2) is 40.6 Å². The van der Waals surface area contributed by atoms with Gasteiger partial charge >= 0.3 is 0 Å². The van der Waals surface area contributed by atoms with Gasteiger partial charge in [0, 0.05) is 17.8 Å². The number of benzene rings is 1. The van der Waals surface area contributed by atoms with Crippen LogP contribution in [0.25, 0.3) is 5.82 Å². The fourth-order valence-electron chi connectivity index (χ4n) is 3.27. The number of amides is 1. The molecular weight excluding hydrogens is 376 g/mol. The molecule has 0 unspecified atom stereocenters. The molecule has 0 spiro atoms. The van der Waals surface area contributed by atoms with Crippen molar-refractivity contribution >= 4 is 23.5 Å². The molecule has 1 aromatic carbocycles. The zero-order chi connectivity index (χ0) is 19.7. The summed E-state index contributed by atoms with van der Waals surface area (Å²) in [5.74, 6) is 2.98. The molecule has 3 heterocycles. The Morgan fingerprint density at radius 1 is 1.18 bits per heavy atom. The van der Waals surface area contributed by atoms with Gasteiger partial charge in [-0.25, -0.2) is 4.98 Å². The van der Waals surface area contributed by atoms with Crippen molar-refractivity contribution in [3.8, 4) is 17.3 Å². The molecule has 28 heavy (non-hydrogen) atoms. The molecule has 1 amide bonds. The van der Waals surface area contributed by atoms with E-state index in [-0.39, 0.29) is 11.2 Å². The van der Waals surface area contributed by atoms with Gasteiger partial charge in [0.2, 0.25) is 5.91 Å². The molecule has 2 aromatic heterocycles. The van der Waals surface area contributed by atoms with Gasteiger partial charge in [-0.05, 0) is 36.8 Å². The number of methoxy groups -OCH3 is 2. The topological polar surface area (TPSA) is 78.3 Å². The lowest BCUT2D eigenvalue weighted by molar-refractivity contribution is -0.113. The fraction of sp³-hybridized carbons (Fsp3) is 0.250. The normalized spacial score (nSPS) is 16.1. The van der Waals surface area contributed by atoms with Crippen molar-refractivity contribution in [3.05, 3.63) is 59.4 Å². The maximum absolute atomic E-state index is 12.4. The summed E-state index contributed by atoms with van der Waals surface area (Å²) in [6.07, 6.45) is 1.70. The summed E-state index contributed by atoms with van der Waals surface area (Å²) in [6.45, 7) is 1.95. The molecule has 0 saturated carbocycles. The van der Waals surface area contributed by atoms with Crippen molar-refractivity contribution in [3.63, 3.8) is 0 Å². The number of nitrogens with one attached hydrogen (secondary N) is 1. The third-order valence-corrected chi connectivity index (χ3v) is 5.82. The molecule has 7 nitrogen and oxygen atoms in total. The van der Waals surface area contributed by atoms with Gasteiger partial charge in [-0.15, -0.1) is 11.8 Å². The van der Waals surface area contributed by atoms with Crippen molar-refractivity contribution in [2.24, 2.45) is 0 Å². The van der Waals surface area contributed by atoms with Crippen LogP contribution in [0.15, 0.2) is 42.6 Å². The first-order valence-corrected chi connectivity index (χ1v) is 9.81. The Morgan fingerprint density at radius 2 is 1.93 bits per heavy atom. The monoisotopic (exact) mass is 396 g/mol. The second-order valence-corrected chi connectivity index (χ2v) is 7.43. The van der Waals surface area contributed by atoms with E-state index in [0.717, 1.165) is 16.8 Å². The number of rotatable bonds is 4. The Kier molecular flexibility index (Phi) is 4.95. The Bertz CT molecular complexity index is 998. The van der Waals surface area contributed by atoms with Gasteiger partial charge in [-0.1, -0.05) is 6.07 Å². The van der Waals surface area contributed by atoms with Crippen molar-refractivity contribution in [2.75, 3.05) is 25.3 Å². The van der Waals surface area contributed by atoms with E-state index in [0.29, 0.717) is 28.9 Å². The van der Waals surface area contributed by atoms with Crippen molar-refractivity contribution in [1.82, 2.24) is 14.8 Å². The maximum atomic E-state index is 12.4. The standard InChI is InChI=1S/C20H20N4O3S/c1-12-18-19(13-8-14(26-2)10-15(9-13)27-3)28-11-17(25)22-20(18)24(23-12)16-6-4-5-7-21-16/h4-10,19H,11H2,1-3H3,(H,22,25)/t19-/m0/s1. The number of pyridine rings is 1. The lowest BCUT2D eigenvalue weighted by Gasteiger charge is -2.17. The summed E-state index contributed by atoms with van der Waals surface area (Å²) in [5.41, 5.74) is 2.78. The maximum Gasteiger partial charge on any atom is 0.235 e. The summed E-state index contributed by atoms with van der Waals surface area (Å²) in [5, 5.41) is 7.57. The van der Waals surface area contributed by atoms with E-state index in [1.807, 2.05) is 43.3 Å². The van der Waals surface area contributed by atoms with Gasteiger partial charge in [-0.3, -0.25) is 4.79 Å². The van der Waals surface area contributed by atoms with E-state index in [1.54, 1.807) is 36.9 Å². The van der Waals surface area contributed by atoms with Crippen molar-refractivity contribution < 1.29 is 14.3 Å². The van der Waals surface area contributed by atoms with E-state index in [9.17, 15) is 4.79 Å². The predicted octanol–water partition coefficient (Wildman–Crippen LogP) is 3.37. The van der Waals surface area contributed by atoms with E-state index in [4.69, 9.17) is 9.47 Å². The summed E-state index contributed by atoms with van der Waals surface area (Å²) in [6, 6.07) is 11.4. The highest BCUT2D eigenvalue weighted by Gasteiger charge is 2.31. The summed E-state index contributed by atoms with van der Waals surface area (Å²) in [7, 11) is 3.25. The minimum absolute atomic E-state index is 0.0688. The second kappa shape index (κ2) is 7.55. The predicted molar refractivity (Wildman–Crippen MR) is 109 cm³/mol. The van der Waals surface area contributed by atoms with Crippen LogP contribution >= 0.6 is 11.8 Å². The van der Waals surface area contributed by atoms with E-state index < -0.39 is 0 Å². The largest absolute Gasteiger partial charge is 0.497 e. The molecule has 1 N–H and O–H groups in total. The number of carbonyl (C=O) groups is 1. The molecule has 0 fully saturated rings. The van der Waals surface area contributed by atoms with Crippen molar-refractivity contribution in [2.45, 2.75) is 12.2 Å². The van der Waals surface area contributed by atoms with Gasteiger partial charge in [0.1, 0.15) is 17.3 Å². The van der Waals surface area contributed by atoms with Gasteiger partial charge in [0.05, 0.1) is 30.9 Å². The summed E-state index contributed by atoms with van der Waals surface area (Å²) >= 11 is 1.55. The molecule has 1 aliphatic heterocycles.